The van der Waals surface area contributed by atoms with Crippen LogP contribution in [0, 0.1) is 16.0 Å². The molecule has 1 N–H and O–H groups in total. The number of methoxy groups -OCH3 is 1. The Morgan fingerprint density at radius 3 is 3.00 bits per heavy atom. The predicted octanol–water partition coefficient (Wildman–Crippen LogP) is 3.61. The number of benzene rings is 1. The summed E-state index contributed by atoms with van der Waals surface area (Å²) >= 11 is 1.56. The Kier molecular flexibility index (Phi) is 4.76. The highest BCUT2D eigenvalue weighted by atomic mass is 32.1. The van der Waals surface area contributed by atoms with E-state index in [2.05, 4.69) is 16.9 Å². The van der Waals surface area contributed by atoms with E-state index >= 15 is 0 Å². The molecule has 0 aliphatic heterocycles. The maximum atomic E-state index is 12.6. The molecule has 8 nitrogen and oxygen atoms in total. The van der Waals surface area contributed by atoms with E-state index in [0.717, 1.165) is 24.8 Å². The minimum absolute atomic E-state index is 0.0721. The van der Waals surface area contributed by atoms with E-state index in [1.807, 2.05) is 0 Å². The van der Waals surface area contributed by atoms with Crippen LogP contribution >= 0.6 is 11.3 Å². The number of H-pyrrole nitrogens is 1. The molecule has 1 aliphatic rings. The van der Waals surface area contributed by atoms with Gasteiger partial charge in [0.1, 0.15) is 23.0 Å². The molecule has 1 aromatic carbocycles. The minimum Gasteiger partial charge on any atom is -0.496 e. The third kappa shape index (κ3) is 3.33. The van der Waals surface area contributed by atoms with Crippen LogP contribution in [0.15, 0.2) is 23.0 Å². The number of ether oxygens (including phenoxy) is 2. The van der Waals surface area contributed by atoms with E-state index in [-0.39, 0.29) is 23.6 Å². The topological polar surface area (TPSA) is 107 Å². The fourth-order valence-corrected chi connectivity index (χ4v) is 4.90. The Balaban J connectivity index is 1.63. The van der Waals surface area contributed by atoms with Gasteiger partial charge in [-0.2, -0.15) is 0 Å². The van der Waals surface area contributed by atoms with Gasteiger partial charge in [0.05, 0.1) is 23.5 Å². The van der Waals surface area contributed by atoms with Gasteiger partial charge in [-0.25, -0.2) is 4.98 Å². The Hall–Kier alpha value is -2.94. The van der Waals surface area contributed by atoms with Crippen LogP contribution in [0.25, 0.3) is 10.2 Å². The molecular formula is C19H19N3O5S. The zero-order valence-electron chi connectivity index (χ0n) is 15.5. The van der Waals surface area contributed by atoms with E-state index in [9.17, 15) is 14.9 Å². The van der Waals surface area contributed by atoms with Gasteiger partial charge in [-0.05, 0) is 42.9 Å². The minimum atomic E-state index is -0.536. The molecule has 2 heterocycles. The second-order valence-corrected chi connectivity index (χ2v) is 8.01. The number of nitro groups is 1. The smallest absolute Gasteiger partial charge is 0.314 e. The van der Waals surface area contributed by atoms with Crippen molar-refractivity contribution >= 4 is 27.2 Å². The van der Waals surface area contributed by atoms with E-state index in [4.69, 9.17) is 9.47 Å². The molecule has 1 atom stereocenters. The van der Waals surface area contributed by atoms with Gasteiger partial charge in [0.2, 0.25) is 0 Å². The number of hydrogen-bond donors (Lipinski definition) is 1. The molecule has 0 spiro atoms. The third-order valence-electron chi connectivity index (χ3n) is 4.94. The molecule has 146 valence electrons. The predicted molar refractivity (Wildman–Crippen MR) is 105 cm³/mol. The zero-order valence-corrected chi connectivity index (χ0v) is 16.3. The van der Waals surface area contributed by atoms with Crippen molar-refractivity contribution in [2.75, 3.05) is 7.11 Å². The van der Waals surface area contributed by atoms with Gasteiger partial charge in [0, 0.05) is 4.88 Å². The largest absolute Gasteiger partial charge is 0.496 e. The summed E-state index contributed by atoms with van der Waals surface area (Å²) in [6.45, 7) is 2.14. The monoisotopic (exact) mass is 401 g/mol. The highest BCUT2D eigenvalue weighted by molar-refractivity contribution is 7.18. The number of nitrogens with zero attached hydrogens (tertiary/aromatic N) is 2. The Morgan fingerprint density at radius 2 is 2.25 bits per heavy atom. The molecule has 9 heteroatoms. The second kappa shape index (κ2) is 7.23. The normalized spacial score (nSPS) is 16.0. The number of fused-ring (bicyclic) bond motifs is 3. The van der Waals surface area contributed by atoms with Crippen LogP contribution in [-0.4, -0.2) is 22.0 Å². The first-order chi connectivity index (χ1) is 13.5. The van der Waals surface area contributed by atoms with E-state index in [1.165, 1.54) is 24.1 Å². The molecule has 0 radical (unpaired) electrons. The summed E-state index contributed by atoms with van der Waals surface area (Å²) in [4.78, 5) is 32.6. The van der Waals surface area contributed by atoms with Crippen molar-refractivity contribution in [3.05, 3.63) is 54.9 Å². The van der Waals surface area contributed by atoms with Gasteiger partial charge in [-0.15, -0.1) is 11.3 Å². The van der Waals surface area contributed by atoms with Crippen molar-refractivity contribution in [1.82, 2.24) is 9.97 Å². The number of aromatic nitrogens is 2. The summed E-state index contributed by atoms with van der Waals surface area (Å²) in [5.74, 6) is 1.41. The van der Waals surface area contributed by atoms with Crippen LogP contribution in [-0.2, 0) is 19.4 Å². The summed E-state index contributed by atoms with van der Waals surface area (Å²) in [5, 5.41) is 11.9. The molecule has 28 heavy (non-hydrogen) atoms. The van der Waals surface area contributed by atoms with Crippen molar-refractivity contribution in [3.63, 3.8) is 0 Å². The molecule has 0 saturated carbocycles. The lowest BCUT2D eigenvalue weighted by molar-refractivity contribution is -0.386. The molecule has 1 aliphatic carbocycles. The molecular weight excluding hydrogens is 382 g/mol. The first kappa shape index (κ1) is 18.4. The van der Waals surface area contributed by atoms with Crippen molar-refractivity contribution in [2.24, 2.45) is 5.92 Å². The Labute approximate surface area is 164 Å². The number of nitrogens with one attached hydrogen (secondary N) is 1. The lowest BCUT2D eigenvalue weighted by Gasteiger charge is -2.17. The molecule has 3 aromatic rings. The van der Waals surface area contributed by atoms with E-state index < -0.39 is 4.92 Å². The number of thiophene rings is 1. The van der Waals surface area contributed by atoms with Gasteiger partial charge >= 0.3 is 5.69 Å². The summed E-state index contributed by atoms with van der Waals surface area (Å²) in [5.41, 5.74) is 0.730. The van der Waals surface area contributed by atoms with Gasteiger partial charge in [-0.3, -0.25) is 14.9 Å². The van der Waals surface area contributed by atoms with Crippen LogP contribution in [0.1, 0.15) is 29.6 Å². The SMILES string of the molecule is COc1ccc(OCc2nc3sc4c(c3c(=O)[nH]2)CC[C@@H](C)C4)c([N+](=O)[O-])c1. The van der Waals surface area contributed by atoms with Crippen LogP contribution in [0.4, 0.5) is 5.69 Å². The quantitative estimate of drug-likeness (QED) is 0.517. The van der Waals surface area contributed by atoms with E-state index in [0.29, 0.717) is 27.7 Å². The Morgan fingerprint density at radius 1 is 1.43 bits per heavy atom. The van der Waals surface area contributed by atoms with Crippen molar-refractivity contribution in [2.45, 2.75) is 32.8 Å². The highest BCUT2D eigenvalue weighted by Gasteiger charge is 2.23. The third-order valence-corrected chi connectivity index (χ3v) is 6.09. The molecule has 0 fully saturated rings. The summed E-state index contributed by atoms with van der Waals surface area (Å²) in [6.07, 6.45) is 2.94. The van der Waals surface area contributed by atoms with Crippen LogP contribution < -0.4 is 15.0 Å². The maximum absolute atomic E-state index is 12.6. The van der Waals surface area contributed by atoms with E-state index in [1.54, 1.807) is 17.4 Å². The average Bonchev–Trinajstić information content (AvgIpc) is 3.03. The number of hydrogen-bond acceptors (Lipinski definition) is 7. The molecule has 4 rings (SSSR count). The number of rotatable bonds is 5. The molecule has 2 aromatic heterocycles. The average molecular weight is 401 g/mol. The van der Waals surface area contributed by atoms with Gasteiger partial charge in [-0.1, -0.05) is 6.92 Å². The number of aromatic amines is 1. The van der Waals surface area contributed by atoms with Crippen molar-refractivity contribution < 1.29 is 14.4 Å². The second-order valence-electron chi connectivity index (χ2n) is 6.92. The molecule has 0 unspecified atom stereocenters. The first-order valence-corrected chi connectivity index (χ1v) is 9.76. The number of nitro benzene ring substituents is 1. The van der Waals surface area contributed by atoms with Crippen LogP contribution in [0.3, 0.4) is 0 Å². The van der Waals surface area contributed by atoms with Gasteiger partial charge < -0.3 is 14.5 Å². The van der Waals surface area contributed by atoms with Crippen molar-refractivity contribution in [3.8, 4) is 11.5 Å². The molecule has 0 amide bonds. The van der Waals surface area contributed by atoms with Crippen molar-refractivity contribution in [1.29, 1.82) is 0 Å². The Bertz CT molecular complexity index is 1120. The fourth-order valence-electron chi connectivity index (χ4n) is 3.50. The summed E-state index contributed by atoms with van der Waals surface area (Å²) in [6, 6.07) is 4.35. The van der Waals surface area contributed by atoms with Crippen LogP contribution in [0.5, 0.6) is 11.5 Å². The molecule has 0 bridgehead atoms. The van der Waals surface area contributed by atoms with Gasteiger partial charge in [0.15, 0.2) is 5.75 Å². The fraction of sp³-hybridized carbons (Fsp3) is 0.368. The molecule has 0 saturated heterocycles. The maximum Gasteiger partial charge on any atom is 0.314 e. The first-order valence-electron chi connectivity index (χ1n) is 8.95. The highest BCUT2D eigenvalue weighted by Crippen LogP contribution is 2.36. The lowest BCUT2D eigenvalue weighted by Crippen LogP contribution is -2.15. The standard InChI is InChI=1S/C19H19N3O5S/c1-10-3-5-12-15(7-10)28-19-17(12)18(23)20-16(21-19)9-27-14-6-4-11(26-2)8-13(14)22(24)25/h4,6,8,10H,3,5,7,9H2,1-2H3,(H,20,21,23)/t10-/m1/s1. The zero-order chi connectivity index (χ0) is 19.8. The number of aryl methyl sites for hydroxylation is 1. The van der Waals surface area contributed by atoms with Gasteiger partial charge in [0.25, 0.3) is 5.56 Å². The van der Waals surface area contributed by atoms with Crippen LogP contribution in [0.2, 0.25) is 0 Å². The summed E-state index contributed by atoms with van der Waals surface area (Å²) < 4.78 is 10.6. The summed E-state index contributed by atoms with van der Waals surface area (Å²) in [7, 11) is 1.44. The lowest BCUT2D eigenvalue weighted by atomic mass is 9.89.